The average Bonchev–Trinajstić information content (AvgIpc) is 2.46. The van der Waals surface area contributed by atoms with Gasteiger partial charge in [-0.2, -0.15) is 0 Å². The van der Waals surface area contributed by atoms with Gasteiger partial charge in [-0.15, -0.1) is 11.3 Å². The minimum absolute atomic E-state index is 0.270. The van der Waals surface area contributed by atoms with Crippen molar-refractivity contribution in [2.24, 2.45) is 0 Å². The molecular weight excluding hydrogens is 346 g/mol. The highest BCUT2D eigenvalue weighted by molar-refractivity contribution is 9.13. The van der Waals surface area contributed by atoms with E-state index < -0.39 is 0 Å². The van der Waals surface area contributed by atoms with E-state index in [1.807, 2.05) is 19.0 Å². The number of halogens is 2. The maximum absolute atomic E-state index is 11.5. The van der Waals surface area contributed by atoms with Gasteiger partial charge in [0.15, 0.2) is 0 Å². The number of nitrogens with zero attached hydrogens (tertiary/aromatic N) is 1. The highest BCUT2D eigenvalue weighted by Gasteiger charge is 2.12. The van der Waals surface area contributed by atoms with Gasteiger partial charge < -0.3 is 9.64 Å². The summed E-state index contributed by atoms with van der Waals surface area (Å²) < 4.78 is 6.88. The van der Waals surface area contributed by atoms with E-state index in [9.17, 15) is 4.79 Å². The molecule has 1 heterocycles. The fourth-order valence-corrected chi connectivity index (χ4v) is 2.77. The van der Waals surface area contributed by atoms with Gasteiger partial charge in [0.1, 0.15) is 11.5 Å². The number of thiophene rings is 1. The molecule has 0 aliphatic rings. The molecule has 0 radical (unpaired) electrons. The Labute approximate surface area is 110 Å². The molecule has 0 aliphatic carbocycles. The highest BCUT2D eigenvalue weighted by atomic mass is 79.9. The van der Waals surface area contributed by atoms with Crippen LogP contribution in [0.2, 0.25) is 0 Å². The molecule has 84 valence electrons. The van der Waals surface area contributed by atoms with Crippen molar-refractivity contribution in [1.29, 1.82) is 0 Å². The molecular formula is C9H11Br2NO2S. The van der Waals surface area contributed by atoms with Crippen LogP contribution >= 0.6 is 43.2 Å². The summed E-state index contributed by atoms with van der Waals surface area (Å²) in [7, 11) is 3.87. The molecule has 0 N–H and O–H groups in total. The van der Waals surface area contributed by atoms with Crippen LogP contribution in [0.25, 0.3) is 0 Å². The van der Waals surface area contributed by atoms with Crippen molar-refractivity contribution in [3.8, 4) is 0 Å². The number of hydrogen-bond donors (Lipinski definition) is 0. The monoisotopic (exact) mass is 355 g/mol. The maximum atomic E-state index is 11.5. The van der Waals surface area contributed by atoms with Crippen LogP contribution in [0.3, 0.4) is 0 Å². The number of ether oxygens (including phenoxy) is 1. The van der Waals surface area contributed by atoms with E-state index in [0.717, 1.165) is 14.8 Å². The fourth-order valence-electron chi connectivity index (χ4n) is 0.839. The third kappa shape index (κ3) is 4.22. The van der Waals surface area contributed by atoms with Crippen LogP contribution in [-0.2, 0) is 4.74 Å². The average molecular weight is 357 g/mol. The van der Waals surface area contributed by atoms with E-state index in [1.165, 1.54) is 11.3 Å². The van der Waals surface area contributed by atoms with Crippen molar-refractivity contribution in [1.82, 2.24) is 4.90 Å². The molecule has 0 unspecified atom stereocenters. The van der Waals surface area contributed by atoms with Gasteiger partial charge in [0.2, 0.25) is 0 Å². The van der Waals surface area contributed by atoms with Crippen LogP contribution in [0, 0.1) is 0 Å². The van der Waals surface area contributed by atoms with Gasteiger partial charge >= 0.3 is 5.97 Å². The Morgan fingerprint density at radius 2 is 2.20 bits per heavy atom. The summed E-state index contributed by atoms with van der Waals surface area (Å²) in [6.45, 7) is 1.15. The van der Waals surface area contributed by atoms with Crippen molar-refractivity contribution >= 4 is 49.2 Å². The number of rotatable bonds is 4. The molecule has 6 heteroatoms. The van der Waals surface area contributed by atoms with Crippen LogP contribution in [0.15, 0.2) is 14.3 Å². The molecule has 3 nitrogen and oxygen atoms in total. The van der Waals surface area contributed by atoms with E-state index in [2.05, 4.69) is 31.9 Å². The molecule has 0 aromatic carbocycles. The number of likely N-dealkylation sites (N-methyl/N-ethyl adjacent to an activating group) is 1. The molecule has 1 rings (SSSR count). The van der Waals surface area contributed by atoms with Crippen LogP contribution in [-0.4, -0.2) is 38.1 Å². The van der Waals surface area contributed by atoms with E-state index in [0.29, 0.717) is 11.5 Å². The third-order valence-corrected chi connectivity index (χ3v) is 4.85. The molecule has 0 amide bonds. The normalized spacial score (nSPS) is 10.7. The summed E-state index contributed by atoms with van der Waals surface area (Å²) >= 11 is 8.02. The molecule has 0 bridgehead atoms. The topological polar surface area (TPSA) is 29.5 Å². The standard InChI is InChI=1S/C9H11Br2NO2S/c1-12(2)3-4-14-9(13)7-5-6(10)8(11)15-7/h5H,3-4H2,1-2H3. The van der Waals surface area contributed by atoms with Gasteiger partial charge in [0.25, 0.3) is 0 Å². The van der Waals surface area contributed by atoms with Gasteiger partial charge in [-0.25, -0.2) is 4.79 Å². The van der Waals surface area contributed by atoms with Gasteiger partial charge in [0.05, 0.1) is 3.79 Å². The van der Waals surface area contributed by atoms with Gasteiger partial charge in [-0.05, 0) is 52.0 Å². The molecule has 15 heavy (non-hydrogen) atoms. The van der Waals surface area contributed by atoms with E-state index in [-0.39, 0.29) is 5.97 Å². The van der Waals surface area contributed by atoms with E-state index in [4.69, 9.17) is 4.74 Å². The Kier molecular flexibility index (Phi) is 5.25. The molecule has 1 aromatic heterocycles. The summed E-state index contributed by atoms with van der Waals surface area (Å²) in [6, 6.07) is 1.76. The number of carbonyl (C=O) groups excluding carboxylic acids is 1. The molecule has 0 saturated carbocycles. The SMILES string of the molecule is CN(C)CCOC(=O)c1cc(Br)c(Br)s1. The molecule has 0 atom stereocenters. The molecule has 0 spiro atoms. The Balaban J connectivity index is 2.47. The van der Waals surface area contributed by atoms with Crippen LogP contribution in [0.5, 0.6) is 0 Å². The zero-order valence-electron chi connectivity index (χ0n) is 8.42. The Morgan fingerprint density at radius 3 is 2.67 bits per heavy atom. The predicted octanol–water partition coefficient (Wildman–Crippen LogP) is 2.99. The first-order chi connectivity index (χ1) is 7.00. The minimum atomic E-state index is -0.270. The maximum Gasteiger partial charge on any atom is 0.348 e. The van der Waals surface area contributed by atoms with Gasteiger partial charge in [0, 0.05) is 11.0 Å². The van der Waals surface area contributed by atoms with Crippen molar-refractivity contribution in [2.75, 3.05) is 27.2 Å². The Morgan fingerprint density at radius 1 is 1.53 bits per heavy atom. The first-order valence-corrected chi connectivity index (χ1v) is 6.67. The number of carbonyl (C=O) groups is 1. The summed E-state index contributed by atoms with van der Waals surface area (Å²) in [4.78, 5) is 14.1. The van der Waals surface area contributed by atoms with Crippen LogP contribution in [0.1, 0.15) is 9.67 Å². The first kappa shape index (κ1) is 13.2. The summed E-state index contributed by atoms with van der Waals surface area (Å²) in [5.41, 5.74) is 0. The van der Waals surface area contributed by atoms with Crippen molar-refractivity contribution in [3.05, 3.63) is 19.2 Å². The second-order valence-electron chi connectivity index (χ2n) is 3.17. The minimum Gasteiger partial charge on any atom is -0.460 e. The first-order valence-electron chi connectivity index (χ1n) is 4.27. The second kappa shape index (κ2) is 5.98. The van der Waals surface area contributed by atoms with E-state index in [1.54, 1.807) is 6.07 Å². The van der Waals surface area contributed by atoms with Gasteiger partial charge in [-0.1, -0.05) is 0 Å². The predicted molar refractivity (Wildman–Crippen MR) is 68.6 cm³/mol. The quantitative estimate of drug-likeness (QED) is 0.776. The smallest absolute Gasteiger partial charge is 0.348 e. The second-order valence-corrected chi connectivity index (χ2v) is 6.40. The number of hydrogen-bond acceptors (Lipinski definition) is 4. The van der Waals surface area contributed by atoms with Crippen molar-refractivity contribution in [2.45, 2.75) is 0 Å². The molecule has 0 saturated heterocycles. The Hall–Kier alpha value is 0.0900. The lowest BCUT2D eigenvalue weighted by atomic mass is 10.5. The van der Waals surface area contributed by atoms with Crippen LogP contribution < -0.4 is 0 Å². The zero-order chi connectivity index (χ0) is 11.4. The number of esters is 1. The Bertz CT molecular complexity index is 332. The molecule has 0 aliphatic heterocycles. The fraction of sp³-hybridized carbons (Fsp3) is 0.444. The van der Waals surface area contributed by atoms with Crippen molar-refractivity contribution in [3.63, 3.8) is 0 Å². The molecule has 1 aromatic rings. The summed E-state index contributed by atoms with van der Waals surface area (Å²) in [5.74, 6) is -0.270. The van der Waals surface area contributed by atoms with Crippen LogP contribution in [0.4, 0.5) is 0 Å². The van der Waals surface area contributed by atoms with E-state index >= 15 is 0 Å². The zero-order valence-corrected chi connectivity index (χ0v) is 12.4. The van der Waals surface area contributed by atoms with Gasteiger partial charge in [-0.3, -0.25) is 0 Å². The summed E-state index contributed by atoms with van der Waals surface area (Å²) in [5, 5.41) is 0. The third-order valence-electron chi connectivity index (χ3n) is 1.62. The largest absolute Gasteiger partial charge is 0.460 e. The summed E-state index contributed by atoms with van der Waals surface area (Å²) in [6.07, 6.45) is 0. The van der Waals surface area contributed by atoms with Crippen molar-refractivity contribution < 1.29 is 9.53 Å². The lowest BCUT2D eigenvalue weighted by Gasteiger charge is -2.08. The highest BCUT2D eigenvalue weighted by Crippen LogP contribution is 2.32. The molecule has 0 fully saturated rings. The lowest BCUT2D eigenvalue weighted by molar-refractivity contribution is 0.0487. The lowest BCUT2D eigenvalue weighted by Crippen LogP contribution is -2.19.